The van der Waals surface area contributed by atoms with Gasteiger partial charge in [0.2, 0.25) is 0 Å². The van der Waals surface area contributed by atoms with E-state index in [1.54, 1.807) is 12.5 Å². The summed E-state index contributed by atoms with van der Waals surface area (Å²) in [6.45, 7) is 4.86. The van der Waals surface area contributed by atoms with Gasteiger partial charge in [0.05, 0.1) is 11.7 Å². The third kappa shape index (κ3) is 2.55. The van der Waals surface area contributed by atoms with E-state index in [0.717, 1.165) is 23.6 Å². The molecule has 0 aromatic carbocycles. The zero-order valence-electron chi connectivity index (χ0n) is 10.7. The highest BCUT2D eigenvalue weighted by molar-refractivity contribution is 5.21. The van der Waals surface area contributed by atoms with Gasteiger partial charge in [-0.05, 0) is 25.5 Å². The minimum Gasteiger partial charge on any atom is -0.271 e. The minimum absolute atomic E-state index is 0.0549. The molecule has 1 unspecified atom stereocenters. The van der Waals surface area contributed by atoms with Gasteiger partial charge in [-0.15, -0.1) is 0 Å². The monoisotopic (exact) mass is 246 g/mol. The molecule has 2 rings (SSSR count). The molecule has 0 radical (unpaired) electrons. The first-order valence-corrected chi connectivity index (χ1v) is 6.00. The van der Waals surface area contributed by atoms with E-state index in [9.17, 15) is 0 Å². The Kier molecular flexibility index (Phi) is 4.01. The Morgan fingerprint density at radius 1 is 1.44 bits per heavy atom. The van der Waals surface area contributed by atoms with Crippen molar-refractivity contribution < 1.29 is 0 Å². The Bertz CT molecular complexity index is 507. The number of nitrogens with one attached hydrogen (secondary N) is 1. The summed E-state index contributed by atoms with van der Waals surface area (Å²) in [4.78, 5) is 8.64. The van der Waals surface area contributed by atoms with Gasteiger partial charge in [-0.1, -0.05) is 6.07 Å². The Morgan fingerprint density at radius 3 is 2.94 bits per heavy atom. The van der Waals surface area contributed by atoms with Crippen molar-refractivity contribution in [3.63, 3.8) is 0 Å². The summed E-state index contributed by atoms with van der Waals surface area (Å²) in [7, 11) is 0. The summed E-state index contributed by atoms with van der Waals surface area (Å²) < 4.78 is 1.86. The summed E-state index contributed by atoms with van der Waals surface area (Å²) in [6, 6.07) is 3.89. The molecule has 0 saturated carbocycles. The van der Waals surface area contributed by atoms with Gasteiger partial charge in [0.25, 0.3) is 0 Å². The largest absolute Gasteiger partial charge is 0.271 e. The third-order valence-corrected chi connectivity index (χ3v) is 2.96. The van der Waals surface area contributed by atoms with E-state index in [1.807, 2.05) is 30.7 Å². The number of hydrazine groups is 1. The zero-order chi connectivity index (χ0) is 13.0. The van der Waals surface area contributed by atoms with Crippen LogP contribution in [0, 0.1) is 6.92 Å². The predicted octanol–water partition coefficient (Wildman–Crippen LogP) is 0.749. The highest BCUT2D eigenvalue weighted by Gasteiger charge is 2.17. The number of nitrogens with two attached hydrogens (primary N) is 1. The van der Waals surface area contributed by atoms with Crippen molar-refractivity contribution in [1.29, 1.82) is 0 Å². The van der Waals surface area contributed by atoms with Crippen LogP contribution in [0.4, 0.5) is 0 Å². The fourth-order valence-electron chi connectivity index (χ4n) is 1.99. The second-order valence-corrected chi connectivity index (χ2v) is 4.12. The van der Waals surface area contributed by atoms with Crippen LogP contribution < -0.4 is 11.3 Å². The van der Waals surface area contributed by atoms with Crippen LogP contribution in [-0.4, -0.2) is 19.7 Å². The van der Waals surface area contributed by atoms with Crippen molar-refractivity contribution in [2.24, 2.45) is 5.84 Å². The molecule has 96 valence electrons. The van der Waals surface area contributed by atoms with Gasteiger partial charge in [-0.25, -0.2) is 4.98 Å². The molecule has 0 aliphatic carbocycles. The first-order chi connectivity index (χ1) is 8.76. The average Bonchev–Trinajstić information content (AvgIpc) is 2.84. The molecule has 0 aliphatic rings. The van der Waals surface area contributed by atoms with Crippen LogP contribution in [0.15, 0.2) is 24.7 Å². The van der Waals surface area contributed by atoms with E-state index in [1.165, 1.54) is 0 Å². The van der Waals surface area contributed by atoms with Gasteiger partial charge in [0, 0.05) is 19.2 Å². The fourth-order valence-corrected chi connectivity index (χ4v) is 1.99. The van der Waals surface area contributed by atoms with Gasteiger partial charge in [-0.3, -0.25) is 20.9 Å². The van der Waals surface area contributed by atoms with E-state index in [4.69, 9.17) is 5.84 Å². The van der Waals surface area contributed by atoms with E-state index in [2.05, 4.69) is 20.5 Å². The van der Waals surface area contributed by atoms with Crippen LogP contribution >= 0.6 is 0 Å². The Hall–Kier alpha value is -1.79. The standard InChI is InChI=1S/C12H18N6/c1-3-18-11(15-8-16-18)7-10(17-13)12-9(2)5-4-6-14-12/h4-6,8,10,17H,3,7,13H2,1-2H3. The first-order valence-electron chi connectivity index (χ1n) is 6.00. The van der Waals surface area contributed by atoms with Gasteiger partial charge in [-0.2, -0.15) is 5.10 Å². The smallest absolute Gasteiger partial charge is 0.138 e. The lowest BCUT2D eigenvalue weighted by Crippen LogP contribution is -2.31. The number of nitrogens with zero attached hydrogens (tertiary/aromatic N) is 4. The molecule has 0 aliphatic heterocycles. The molecular weight excluding hydrogens is 228 g/mol. The molecular formula is C12H18N6. The van der Waals surface area contributed by atoms with Crippen LogP contribution in [0.3, 0.4) is 0 Å². The lowest BCUT2D eigenvalue weighted by molar-refractivity contribution is 0.499. The Balaban J connectivity index is 2.23. The molecule has 6 heteroatoms. The van der Waals surface area contributed by atoms with Gasteiger partial charge < -0.3 is 0 Å². The van der Waals surface area contributed by atoms with E-state index >= 15 is 0 Å². The maximum Gasteiger partial charge on any atom is 0.138 e. The van der Waals surface area contributed by atoms with Crippen LogP contribution in [0.2, 0.25) is 0 Å². The molecule has 2 aromatic rings. The van der Waals surface area contributed by atoms with Crippen molar-refractivity contribution >= 4 is 0 Å². The van der Waals surface area contributed by atoms with Crippen LogP contribution in [-0.2, 0) is 13.0 Å². The number of rotatable bonds is 5. The van der Waals surface area contributed by atoms with E-state index in [-0.39, 0.29) is 6.04 Å². The van der Waals surface area contributed by atoms with Crippen molar-refractivity contribution in [1.82, 2.24) is 25.2 Å². The fraction of sp³-hybridized carbons (Fsp3) is 0.417. The molecule has 3 N–H and O–H groups in total. The van der Waals surface area contributed by atoms with Crippen LogP contribution in [0.1, 0.15) is 30.0 Å². The first kappa shape index (κ1) is 12.7. The molecule has 18 heavy (non-hydrogen) atoms. The molecule has 2 aromatic heterocycles. The summed E-state index contributed by atoms with van der Waals surface area (Å²) >= 11 is 0. The quantitative estimate of drug-likeness (QED) is 0.601. The molecule has 0 spiro atoms. The summed E-state index contributed by atoms with van der Waals surface area (Å²) in [6.07, 6.45) is 4.01. The molecule has 1 atom stereocenters. The zero-order valence-corrected chi connectivity index (χ0v) is 10.7. The van der Waals surface area contributed by atoms with Crippen molar-refractivity contribution in [2.45, 2.75) is 32.9 Å². The lowest BCUT2D eigenvalue weighted by Gasteiger charge is -2.16. The number of hydrogen-bond acceptors (Lipinski definition) is 5. The molecule has 2 heterocycles. The topological polar surface area (TPSA) is 81.7 Å². The highest BCUT2D eigenvalue weighted by Crippen LogP contribution is 2.17. The van der Waals surface area contributed by atoms with Crippen molar-refractivity contribution in [3.8, 4) is 0 Å². The van der Waals surface area contributed by atoms with Gasteiger partial charge >= 0.3 is 0 Å². The van der Waals surface area contributed by atoms with Crippen LogP contribution in [0.25, 0.3) is 0 Å². The van der Waals surface area contributed by atoms with Crippen LogP contribution in [0.5, 0.6) is 0 Å². The number of aromatic nitrogens is 4. The Labute approximate surface area is 106 Å². The van der Waals surface area contributed by atoms with E-state index < -0.39 is 0 Å². The van der Waals surface area contributed by atoms with Gasteiger partial charge in [0.1, 0.15) is 12.2 Å². The number of aryl methyl sites for hydroxylation is 2. The highest BCUT2D eigenvalue weighted by atomic mass is 15.3. The molecule has 0 saturated heterocycles. The van der Waals surface area contributed by atoms with Crippen molar-refractivity contribution in [2.75, 3.05) is 0 Å². The third-order valence-electron chi connectivity index (χ3n) is 2.96. The summed E-state index contributed by atoms with van der Waals surface area (Å²) in [5.41, 5.74) is 4.87. The molecule has 0 amide bonds. The molecule has 6 nitrogen and oxygen atoms in total. The maximum absolute atomic E-state index is 5.63. The van der Waals surface area contributed by atoms with Crippen molar-refractivity contribution in [3.05, 3.63) is 41.7 Å². The van der Waals surface area contributed by atoms with Gasteiger partial charge in [0.15, 0.2) is 0 Å². The number of pyridine rings is 1. The number of hydrogen-bond donors (Lipinski definition) is 2. The summed E-state index contributed by atoms with van der Waals surface area (Å²) in [5.74, 6) is 6.54. The Morgan fingerprint density at radius 2 is 2.28 bits per heavy atom. The SMILES string of the molecule is CCn1ncnc1CC(NN)c1ncccc1C. The molecule has 0 bridgehead atoms. The predicted molar refractivity (Wildman–Crippen MR) is 68.4 cm³/mol. The summed E-state index contributed by atoms with van der Waals surface area (Å²) in [5, 5.41) is 4.15. The van der Waals surface area contributed by atoms with E-state index in [0.29, 0.717) is 6.42 Å². The second kappa shape index (κ2) is 5.70. The average molecular weight is 246 g/mol. The minimum atomic E-state index is -0.0549. The maximum atomic E-state index is 5.63. The lowest BCUT2D eigenvalue weighted by atomic mass is 10.1. The second-order valence-electron chi connectivity index (χ2n) is 4.12. The molecule has 0 fully saturated rings. The normalized spacial score (nSPS) is 12.6.